The van der Waals surface area contributed by atoms with Crippen LogP contribution < -0.4 is 15.5 Å². The van der Waals surface area contributed by atoms with Crippen molar-refractivity contribution >= 4 is 40.5 Å². The summed E-state index contributed by atoms with van der Waals surface area (Å²) in [5.41, 5.74) is 3.29. The van der Waals surface area contributed by atoms with Crippen LogP contribution in [0.2, 0.25) is 5.02 Å². The van der Waals surface area contributed by atoms with Crippen molar-refractivity contribution in [2.45, 2.75) is 25.3 Å². The highest BCUT2D eigenvalue weighted by atomic mass is 35.5. The molecule has 5 rings (SSSR count). The zero-order chi connectivity index (χ0) is 21.4. The SMILES string of the molecule is O=C1CCCC2=C1[C@H](c1ccco1)N(C(=O)Nc1ccccc1Cl)c1ccccc1N2. The van der Waals surface area contributed by atoms with Gasteiger partial charge >= 0.3 is 6.03 Å². The predicted molar refractivity (Wildman–Crippen MR) is 120 cm³/mol. The lowest BCUT2D eigenvalue weighted by Crippen LogP contribution is -2.40. The molecule has 0 spiro atoms. The molecule has 2 aromatic carbocycles. The first kappa shape index (κ1) is 19.5. The molecule has 2 amide bonds. The number of carbonyl (C=O) groups excluding carboxylic acids is 2. The summed E-state index contributed by atoms with van der Waals surface area (Å²) in [4.78, 5) is 28.4. The molecule has 156 valence electrons. The van der Waals surface area contributed by atoms with Crippen LogP contribution in [0.15, 0.2) is 82.6 Å². The molecule has 0 saturated heterocycles. The number of hydrogen-bond acceptors (Lipinski definition) is 4. The fourth-order valence-corrected chi connectivity index (χ4v) is 4.39. The van der Waals surface area contributed by atoms with Gasteiger partial charge in [-0.05, 0) is 49.2 Å². The van der Waals surface area contributed by atoms with Crippen LogP contribution in [-0.4, -0.2) is 11.8 Å². The Bertz CT molecular complexity index is 1190. The van der Waals surface area contributed by atoms with E-state index in [0.29, 0.717) is 34.2 Å². The number of amides is 2. The van der Waals surface area contributed by atoms with Crippen LogP contribution in [0.5, 0.6) is 0 Å². The minimum Gasteiger partial charge on any atom is -0.467 e. The molecule has 2 aliphatic rings. The standard InChI is InChI=1S/C24H20ClN3O3/c25-15-7-1-2-8-16(15)27-24(30)28-19-11-4-3-9-17(19)26-18-10-5-12-20(29)22(18)23(28)21-13-6-14-31-21/h1-4,6-9,11,13-14,23,26H,5,10,12H2,(H,27,30)/t23-/m0/s1. The van der Waals surface area contributed by atoms with Crippen molar-refractivity contribution in [1.29, 1.82) is 0 Å². The summed E-state index contributed by atoms with van der Waals surface area (Å²) in [6.07, 6.45) is 3.49. The first-order chi connectivity index (χ1) is 15.1. The third-order valence-corrected chi connectivity index (χ3v) is 5.91. The van der Waals surface area contributed by atoms with Crippen LogP contribution in [0.1, 0.15) is 31.1 Å². The summed E-state index contributed by atoms with van der Waals surface area (Å²) in [5.74, 6) is 0.536. The Kier molecular flexibility index (Phi) is 5.00. The molecule has 1 aromatic heterocycles. The van der Waals surface area contributed by atoms with Gasteiger partial charge in [-0.2, -0.15) is 0 Å². The number of Topliss-reactive ketones (excluding diaryl/α,β-unsaturated/α-hetero) is 1. The van der Waals surface area contributed by atoms with Gasteiger partial charge in [-0.25, -0.2) is 4.79 Å². The van der Waals surface area contributed by atoms with E-state index >= 15 is 0 Å². The van der Waals surface area contributed by atoms with Gasteiger partial charge in [-0.15, -0.1) is 0 Å². The summed E-state index contributed by atoms with van der Waals surface area (Å²) < 4.78 is 5.73. The number of hydrogen-bond donors (Lipinski definition) is 2. The molecule has 3 aromatic rings. The molecule has 1 aliphatic heterocycles. The van der Waals surface area contributed by atoms with E-state index in [0.717, 1.165) is 24.2 Å². The highest BCUT2D eigenvalue weighted by Crippen LogP contribution is 2.45. The van der Waals surface area contributed by atoms with Crippen LogP contribution in [-0.2, 0) is 4.79 Å². The molecule has 31 heavy (non-hydrogen) atoms. The Balaban J connectivity index is 1.69. The third kappa shape index (κ3) is 3.49. The number of ketones is 1. The Morgan fingerprint density at radius 2 is 1.87 bits per heavy atom. The fraction of sp³-hybridized carbons (Fsp3) is 0.167. The van der Waals surface area contributed by atoms with E-state index in [1.54, 1.807) is 47.6 Å². The molecule has 0 saturated carbocycles. The molecule has 2 heterocycles. The maximum Gasteiger partial charge on any atom is 0.327 e. The van der Waals surface area contributed by atoms with Crippen molar-refractivity contribution in [1.82, 2.24) is 0 Å². The molecular weight excluding hydrogens is 414 g/mol. The molecular formula is C24H20ClN3O3. The van der Waals surface area contributed by atoms with Crippen LogP contribution in [0.25, 0.3) is 0 Å². The van der Waals surface area contributed by atoms with Crippen molar-refractivity contribution in [2.75, 3.05) is 15.5 Å². The maximum absolute atomic E-state index is 13.7. The van der Waals surface area contributed by atoms with Crippen molar-refractivity contribution in [3.8, 4) is 0 Å². The van der Waals surface area contributed by atoms with E-state index in [1.165, 1.54) is 0 Å². The number of rotatable bonds is 2. The number of urea groups is 1. The number of fused-ring (bicyclic) bond motifs is 1. The van der Waals surface area contributed by atoms with Crippen molar-refractivity contribution < 1.29 is 14.0 Å². The number of benzene rings is 2. The maximum atomic E-state index is 13.7. The smallest absolute Gasteiger partial charge is 0.327 e. The van der Waals surface area contributed by atoms with Crippen LogP contribution in [0, 0.1) is 0 Å². The number of carbonyl (C=O) groups is 2. The lowest BCUT2D eigenvalue weighted by Gasteiger charge is -2.32. The number of halogens is 1. The molecule has 1 atom stereocenters. The zero-order valence-electron chi connectivity index (χ0n) is 16.6. The molecule has 0 radical (unpaired) electrons. The normalized spacial score (nSPS) is 18.0. The molecule has 0 fully saturated rings. The molecule has 0 bridgehead atoms. The average molecular weight is 434 g/mol. The Labute approximate surface area is 184 Å². The number of nitrogens with zero attached hydrogens (tertiary/aromatic N) is 1. The predicted octanol–water partition coefficient (Wildman–Crippen LogP) is 6.15. The minimum atomic E-state index is -0.698. The second-order valence-corrected chi connectivity index (χ2v) is 7.92. The monoisotopic (exact) mass is 433 g/mol. The van der Waals surface area contributed by atoms with Gasteiger partial charge in [0.1, 0.15) is 11.8 Å². The van der Waals surface area contributed by atoms with Gasteiger partial charge in [0, 0.05) is 17.7 Å². The molecule has 0 unspecified atom stereocenters. The summed E-state index contributed by atoms with van der Waals surface area (Å²) in [7, 11) is 0. The van der Waals surface area contributed by atoms with Crippen LogP contribution >= 0.6 is 11.6 Å². The van der Waals surface area contributed by atoms with E-state index in [9.17, 15) is 9.59 Å². The average Bonchev–Trinajstić information content (AvgIpc) is 3.25. The highest BCUT2D eigenvalue weighted by Gasteiger charge is 2.41. The van der Waals surface area contributed by atoms with E-state index in [4.69, 9.17) is 16.0 Å². The summed E-state index contributed by atoms with van der Waals surface area (Å²) >= 11 is 6.28. The summed E-state index contributed by atoms with van der Waals surface area (Å²) in [5, 5.41) is 6.75. The van der Waals surface area contributed by atoms with E-state index < -0.39 is 12.1 Å². The van der Waals surface area contributed by atoms with Crippen molar-refractivity contribution in [2.24, 2.45) is 0 Å². The van der Waals surface area contributed by atoms with Crippen molar-refractivity contribution in [3.05, 3.63) is 89.0 Å². The Morgan fingerprint density at radius 3 is 2.68 bits per heavy atom. The number of allylic oxidation sites excluding steroid dienone is 1. The zero-order valence-corrected chi connectivity index (χ0v) is 17.4. The second kappa shape index (κ2) is 7.96. The minimum absolute atomic E-state index is 0.0125. The van der Waals surface area contributed by atoms with E-state index in [1.807, 2.05) is 24.3 Å². The van der Waals surface area contributed by atoms with Crippen LogP contribution in [0.3, 0.4) is 0 Å². The second-order valence-electron chi connectivity index (χ2n) is 7.51. The largest absolute Gasteiger partial charge is 0.467 e. The van der Waals surface area contributed by atoms with Gasteiger partial charge in [0.05, 0.1) is 28.3 Å². The Morgan fingerprint density at radius 1 is 1.06 bits per heavy atom. The number of para-hydroxylation sites is 3. The van der Waals surface area contributed by atoms with Gasteiger partial charge in [0.2, 0.25) is 0 Å². The van der Waals surface area contributed by atoms with Crippen LogP contribution in [0.4, 0.5) is 21.9 Å². The van der Waals surface area contributed by atoms with Gasteiger partial charge < -0.3 is 15.1 Å². The van der Waals surface area contributed by atoms with Crippen molar-refractivity contribution in [3.63, 3.8) is 0 Å². The van der Waals surface area contributed by atoms with Gasteiger partial charge in [0.15, 0.2) is 5.78 Å². The first-order valence-electron chi connectivity index (χ1n) is 10.1. The van der Waals surface area contributed by atoms with E-state index in [2.05, 4.69) is 10.6 Å². The molecule has 6 nitrogen and oxygen atoms in total. The Hall–Kier alpha value is -3.51. The fourth-order valence-electron chi connectivity index (χ4n) is 4.21. The summed E-state index contributed by atoms with van der Waals surface area (Å²) in [6, 6.07) is 17.0. The topological polar surface area (TPSA) is 74.6 Å². The molecule has 1 aliphatic carbocycles. The van der Waals surface area contributed by atoms with Gasteiger partial charge in [0.25, 0.3) is 0 Å². The summed E-state index contributed by atoms with van der Waals surface area (Å²) in [6.45, 7) is 0. The number of furan rings is 1. The first-order valence-corrected chi connectivity index (χ1v) is 10.5. The third-order valence-electron chi connectivity index (χ3n) is 5.58. The van der Waals surface area contributed by atoms with Gasteiger partial charge in [-0.3, -0.25) is 9.69 Å². The molecule has 2 N–H and O–H groups in total. The highest BCUT2D eigenvalue weighted by molar-refractivity contribution is 6.33. The molecule has 7 heteroatoms. The van der Waals surface area contributed by atoms with Gasteiger partial charge in [-0.1, -0.05) is 35.9 Å². The number of nitrogens with one attached hydrogen (secondary N) is 2. The van der Waals surface area contributed by atoms with E-state index in [-0.39, 0.29) is 5.78 Å². The number of anilines is 3. The lowest BCUT2D eigenvalue weighted by molar-refractivity contribution is -0.116. The lowest BCUT2D eigenvalue weighted by atomic mass is 9.88. The quantitative estimate of drug-likeness (QED) is 0.508.